The van der Waals surface area contributed by atoms with Crippen molar-refractivity contribution in [3.63, 3.8) is 0 Å². The SMILES string of the molecule is O=C1NCCCC12CCCN2Cc1ccc(OCCCCN2CCCCC2)cc1. The van der Waals surface area contributed by atoms with E-state index in [0.29, 0.717) is 0 Å². The Labute approximate surface area is 175 Å². The van der Waals surface area contributed by atoms with Gasteiger partial charge in [0, 0.05) is 13.1 Å². The molecule has 1 aromatic carbocycles. The number of carbonyl (C=O) groups is 1. The maximum absolute atomic E-state index is 12.6. The predicted molar refractivity (Wildman–Crippen MR) is 116 cm³/mol. The summed E-state index contributed by atoms with van der Waals surface area (Å²) in [6.07, 6.45) is 10.7. The van der Waals surface area contributed by atoms with Crippen LogP contribution in [-0.2, 0) is 11.3 Å². The molecule has 29 heavy (non-hydrogen) atoms. The van der Waals surface area contributed by atoms with Gasteiger partial charge in [0.25, 0.3) is 0 Å². The molecule has 3 saturated heterocycles. The van der Waals surface area contributed by atoms with Gasteiger partial charge in [-0.1, -0.05) is 18.6 Å². The molecule has 3 aliphatic heterocycles. The molecule has 1 spiro atoms. The van der Waals surface area contributed by atoms with Crippen molar-refractivity contribution in [2.75, 3.05) is 39.3 Å². The summed E-state index contributed by atoms with van der Waals surface area (Å²) in [5, 5.41) is 3.09. The van der Waals surface area contributed by atoms with E-state index in [1.165, 1.54) is 50.9 Å². The van der Waals surface area contributed by atoms with Crippen molar-refractivity contribution in [2.45, 2.75) is 69.9 Å². The summed E-state index contributed by atoms with van der Waals surface area (Å²) in [6, 6.07) is 8.50. The van der Waals surface area contributed by atoms with E-state index in [1.807, 2.05) is 0 Å². The first-order valence-electron chi connectivity index (χ1n) is 11.7. The zero-order chi connectivity index (χ0) is 19.9. The van der Waals surface area contributed by atoms with E-state index in [2.05, 4.69) is 39.4 Å². The van der Waals surface area contributed by atoms with Crippen LogP contribution in [0.5, 0.6) is 5.75 Å². The lowest BCUT2D eigenvalue weighted by molar-refractivity contribution is -0.134. The van der Waals surface area contributed by atoms with Gasteiger partial charge in [0.2, 0.25) is 5.91 Å². The summed E-state index contributed by atoms with van der Waals surface area (Å²) < 4.78 is 5.95. The van der Waals surface area contributed by atoms with Gasteiger partial charge in [-0.05, 0) is 95.2 Å². The molecule has 0 aromatic heterocycles. The van der Waals surface area contributed by atoms with Crippen LogP contribution in [0, 0.1) is 0 Å². The number of hydrogen-bond donors (Lipinski definition) is 1. The Bertz CT molecular complexity index is 657. The van der Waals surface area contributed by atoms with Gasteiger partial charge < -0.3 is 15.0 Å². The standard InChI is InChI=1S/C24H37N3O2/c28-23-24(12-6-14-25-23)13-7-18-27(24)20-21-8-10-22(11-9-21)29-19-5-4-17-26-15-2-1-3-16-26/h8-11H,1-7,12-20H2,(H,25,28). The normalized spacial score (nSPS) is 26.0. The van der Waals surface area contributed by atoms with Crippen molar-refractivity contribution in [2.24, 2.45) is 0 Å². The van der Waals surface area contributed by atoms with E-state index >= 15 is 0 Å². The molecule has 160 valence electrons. The second-order valence-electron chi connectivity index (χ2n) is 9.02. The highest BCUT2D eigenvalue weighted by atomic mass is 16.5. The number of likely N-dealkylation sites (tertiary alicyclic amines) is 2. The van der Waals surface area contributed by atoms with Crippen LogP contribution in [0.15, 0.2) is 24.3 Å². The Morgan fingerprint density at radius 3 is 2.52 bits per heavy atom. The minimum atomic E-state index is -0.262. The maximum Gasteiger partial charge on any atom is 0.240 e. The van der Waals surface area contributed by atoms with Gasteiger partial charge in [0.15, 0.2) is 0 Å². The number of ether oxygens (including phenoxy) is 1. The molecule has 4 rings (SSSR count). The highest BCUT2D eigenvalue weighted by Gasteiger charge is 2.47. The van der Waals surface area contributed by atoms with Crippen molar-refractivity contribution in [1.29, 1.82) is 0 Å². The first-order chi connectivity index (χ1) is 14.3. The molecule has 1 aromatic rings. The molecule has 5 nitrogen and oxygen atoms in total. The minimum absolute atomic E-state index is 0.241. The third kappa shape index (κ3) is 5.13. The molecule has 1 atom stereocenters. The Hall–Kier alpha value is -1.59. The summed E-state index contributed by atoms with van der Waals surface area (Å²) in [4.78, 5) is 17.6. The average molecular weight is 400 g/mol. The molecular weight excluding hydrogens is 362 g/mol. The van der Waals surface area contributed by atoms with E-state index in [-0.39, 0.29) is 11.4 Å². The smallest absolute Gasteiger partial charge is 0.240 e. The number of amides is 1. The summed E-state index contributed by atoms with van der Waals surface area (Å²) in [5.41, 5.74) is 1.00. The topological polar surface area (TPSA) is 44.8 Å². The molecule has 5 heteroatoms. The maximum atomic E-state index is 12.6. The Balaban J connectivity index is 1.20. The lowest BCUT2D eigenvalue weighted by atomic mass is 9.86. The number of nitrogens with one attached hydrogen (secondary N) is 1. The first-order valence-corrected chi connectivity index (χ1v) is 11.7. The molecule has 0 radical (unpaired) electrons. The van der Waals surface area contributed by atoms with Crippen LogP contribution in [0.25, 0.3) is 0 Å². The van der Waals surface area contributed by atoms with E-state index in [1.54, 1.807) is 0 Å². The minimum Gasteiger partial charge on any atom is -0.494 e. The van der Waals surface area contributed by atoms with Gasteiger partial charge in [-0.15, -0.1) is 0 Å². The number of carbonyl (C=O) groups excluding carboxylic acids is 1. The Kier molecular flexibility index (Phi) is 7.09. The van der Waals surface area contributed by atoms with Crippen molar-refractivity contribution in [1.82, 2.24) is 15.1 Å². The van der Waals surface area contributed by atoms with Crippen molar-refractivity contribution < 1.29 is 9.53 Å². The molecule has 1 amide bonds. The second kappa shape index (κ2) is 9.94. The van der Waals surface area contributed by atoms with E-state index in [9.17, 15) is 4.79 Å². The van der Waals surface area contributed by atoms with E-state index < -0.39 is 0 Å². The molecule has 0 aliphatic carbocycles. The van der Waals surface area contributed by atoms with Crippen molar-refractivity contribution >= 4 is 5.91 Å². The highest BCUT2D eigenvalue weighted by molar-refractivity contribution is 5.87. The van der Waals surface area contributed by atoms with Gasteiger partial charge in [0.05, 0.1) is 6.61 Å². The highest BCUT2D eigenvalue weighted by Crippen LogP contribution is 2.36. The molecule has 3 fully saturated rings. The molecular formula is C24H37N3O2. The zero-order valence-electron chi connectivity index (χ0n) is 17.8. The summed E-state index contributed by atoms with van der Waals surface area (Å²) in [7, 11) is 0. The van der Waals surface area contributed by atoms with Crippen molar-refractivity contribution in [3.05, 3.63) is 29.8 Å². The zero-order valence-corrected chi connectivity index (χ0v) is 17.8. The van der Waals surface area contributed by atoms with Crippen LogP contribution in [0.4, 0.5) is 0 Å². The summed E-state index contributed by atoms with van der Waals surface area (Å²) in [5.74, 6) is 1.20. The second-order valence-corrected chi connectivity index (χ2v) is 9.02. The van der Waals surface area contributed by atoms with Crippen molar-refractivity contribution in [3.8, 4) is 5.75 Å². The van der Waals surface area contributed by atoms with Gasteiger partial charge in [-0.3, -0.25) is 9.69 Å². The van der Waals surface area contributed by atoms with Gasteiger partial charge in [0.1, 0.15) is 11.3 Å². The lowest BCUT2D eigenvalue weighted by Gasteiger charge is -2.40. The van der Waals surface area contributed by atoms with Crippen LogP contribution >= 0.6 is 0 Å². The third-order valence-electron chi connectivity index (χ3n) is 6.98. The molecule has 3 heterocycles. The number of piperidine rings is 2. The number of hydrogen-bond acceptors (Lipinski definition) is 4. The summed E-state index contributed by atoms with van der Waals surface area (Å²) >= 11 is 0. The van der Waals surface area contributed by atoms with Gasteiger partial charge in [-0.2, -0.15) is 0 Å². The Morgan fingerprint density at radius 2 is 1.72 bits per heavy atom. The summed E-state index contributed by atoms with van der Waals surface area (Å²) in [6.45, 7) is 7.27. The van der Waals surface area contributed by atoms with Crippen LogP contribution < -0.4 is 10.1 Å². The van der Waals surface area contributed by atoms with Crippen LogP contribution in [0.1, 0.15) is 63.4 Å². The number of rotatable bonds is 8. The molecule has 3 aliphatic rings. The fourth-order valence-corrected chi connectivity index (χ4v) is 5.29. The quantitative estimate of drug-likeness (QED) is 0.679. The van der Waals surface area contributed by atoms with Crippen LogP contribution in [0.2, 0.25) is 0 Å². The molecule has 0 bridgehead atoms. The fraction of sp³-hybridized carbons (Fsp3) is 0.708. The van der Waals surface area contributed by atoms with E-state index in [4.69, 9.17) is 4.74 Å². The first kappa shape index (κ1) is 20.7. The monoisotopic (exact) mass is 399 g/mol. The van der Waals surface area contributed by atoms with Crippen LogP contribution in [-0.4, -0.2) is 60.6 Å². The molecule has 1 unspecified atom stereocenters. The molecule has 1 N–H and O–H groups in total. The third-order valence-corrected chi connectivity index (χ3v) is 6.98. The largest absolute Gasteiger partial charge is 0.494 e. The number of unbranched alkanes of at least 4 members (excludes halogenated alkanes) is 1. The van der Waals surface area contributed by atoms with Gasteiger partial charge in [-0.25, -0.2) is 0 Å². The van der Waals surface area contributed by atoms with E-state index in [0.717, 1.165) is 64.1 Å². The Morgan fingerprint density at radius 1 is 0.931 bits per heavy atom. The van der Waals surface area contributed by atoms with Gasteiger partial charge >= 0.3 is 0 Å². The average Bonchev–Trinajstić information content (AvgIpc) is 3.15. The lowest BCUT2D eigenvalue weighted by Crippen LogP contribution is -2.58. The predicted octanol–water partition coefficient (Wildman–Crippen LogP) is 3.58. The molecule has 0 saturated carbocycles. The van der Waals surface area contributed by atoms with Crippen LogP contribution in [0.3, 0.4) is 0 Å². The number of nitrogens with zero attached hydrogens (tertiary/aromatic N) is 2. The fourth-order valence-electron chi connectivity index (χ4n) is 5.29. The number of benzene rings is 1.